The molecular formula is C33H55N2O8V-. The van der Waals surface area contributed by atoms with E-state index in [1.54, 1.807) is 7.11 Å². The fourth-order valence-electron chi connectivity index (χ4n) is 6.48. The van der Waals surface area contributed by atoms with Crippen LogP contribution in [0.15, 0.2) is 11.6 Å². The summed E-state index contributed by atoms with van der Waals surface area (Å²) in [6.07, 6.45) is 8.58. The molecule has 0 aromatic carbocycles. The first-order chi connectivity index (χ1) is 20.5. The first kappa shape index (κ1) is 38.8. The van der Waals surface area contributed by atoms with Gasteiger partial charge in [0.15, 0.2) is 0 Å². The Balaban J connectivity index is 0.00000675. The molecule has 0 aromatic heterocycles. The van der Waals surface area contributed by atoms with Crippen molar-refractivity contribution in [3.8, 4) is 0 Å². The van der Waals surface area contributed by atoms with Crippen LogP contribution in [0.2, 0.25) is 0 Å². The number of ketones is 1. The SMILES string of the molecule is COC1C(OC(=O)C[C@@H](COC(=O)NCCCCCCCC(=O)C[NH-])C(C)C)CC[C@]2(CO2)C1[C@]1(C)O[C@@H]1CC=C(C)C.[V]. The second-order valence-corrected chi connectivity index (χ2v) is 13.4. The van der Waals surface area contributed by atoms with Gasteiger partial charge in [-0.15, -0.1) is 0 Å². The number of rotatable bonds is 19. The van der Waals surface area contributed by atoms with Crippen LogP contribution < -0.4 is 5.32 Å². The molecule has 2 aliphatic heterocycles. The molecule has 7 atom stereocenters. The Labute approximate surface area is 276 Å². The number of nitrogens with one attached hydrogen (secondary N) is 2. The van der Waals surface area contributed by atoms with Crippen LogP contribution in [-0.4, -0.2) is 80.8 Å². The molecule has 1 radical (unpaired) electrons. The number of ether oxygens (including phenoxy) is 5. The molecule has 2 heterocycles. The molecule has 3 rings (SSSR count). The summed E-state index contributed by atoms with van der Waals surface area (Å²) in [6.45, 7) is 11.5. The normalized spacial score (nSPS) is 29.4. The van der Waals surface area contributed by atoms with Gasteiger partial charge in [-0.2, -0.15) is 0 Å². The fraction of sp³-hybridized carbons (Fsp3) is 0.848. The summed E-state index contributed by atoms with van der Waals surface area (Å²) < 4.78 is 29.8. The van der Waals surface area contributed by atoms with Crippen LogP contribution in [-0.2, 0) is 51.8 Å². The number of alkyl carbamates (subject to hydrolysis) is 1. The molecule has 11 heteroatoms. The van der Waals surface area contributed by atoms with Crippen molar-refractivity contribution in [2.75, 3.05) is 33.4 Å². The van der Waals surface area contributed by atoms with Gasteiger partial charge in [0, 0.05) is 44.5 Å². The maximum absolute atomic E-state index is 13.2. The zero-order chi connectivity index (χ0) is 31.6. The summed E-state index contributed by atoms with van der Waals surface area (Å²) >= 11 is 0. The number of Topliss-reactive ketones (excluding diaryl/α,β-unsaturated/α-hetero) is 1. The third-order valence-corrected chi connectivity index (χ3v) is 9.42. The summed E-state index contributed by atoms with van der Waals surface area (Å²) in [4.78, 5) is 36.6. The number of unbranched alkanes of at least 4 members (excludes halogenated alkanes) is 4. The van der Waals surface area contributed by atoms with Crippen LogP contribution in [0.5, 0.6) is 0 Å². The average Bonchev–Trinajstić information content (AvgIpc) is 3.88. The molecule has 2 saturated heterocycles. The Kier molecular flexibility index (Phi) is 15.9. The van der Waals surface area contributed by atoms with Gasteiger partial charge in [-0.3, -0.25) is 4.79 Å². The van der Waals surface area contributed by atoms with Crippen molar-refractivity contribution in [2.45, 2.75) is 128 Å². The molecule has 3 fully saturated rings. The van der Waals surface area contributed by atoms with Gasteiger partial charge in [-0.05, 0) is 58.8 Å². The van der Waals surface area contributed by atoms with Crippen molar-refractivity contribution in [2.24, 2.45) is 17.8 Å². The van der Waals surface area contributed by atoms with E-state index in [1.807, 2.05) is 13.8 Å². The molecule has 3 unspecified atom stereocenters. The molecule has 0 bridgehead atoms. The van der Waals surface area contributed by atoms with Crippen molar-refractivity contribution < 1.29 is 56.6 Å². The number of allylic oxidation sites excluding steroid dienone is 1. The largest absolute Gasteiger partial charge is 0.671 e. The van der Waals surface area contributed by atoms with Crippen LogP contribution in [0.25, 0.3) is 5.73 Å². The zero-order valence-corrected chi connectivity index (χ0v) is 29.1. The van der Waals surface area contributed by atoms with E-state index in [2.05, 4.69) is 32.2 Å². The van der Waals surface area contributed by atoms with Crippen molar-refractivity contribution in [1.82, 2.24) is 5.32 Å². The standard InChI is InChI=1S/C33H55N2O8.V/c1-22(2)13-14-27-32(5,43-27)30-29(39-6)26(15-16-33(30)21-41-33)42-28(37)18-24(23(3)4)20-40-31(38)35-17-11-9-7-8-10-12-25(36)19-34;/h13,23-24,26-27,29-30,34H,7-12,14-21H2,1-6H3,(H,35,38);/q-1;/t24-,26?,27+,29?,30?,32+,33-;/m0./s1. The molecule has 44 heavy (non-hydrogen) atoms. The molecular weight excluding hydrogens is 603 g/mol. The first-order valence-electron chi connectivity index (χ1n) is 16.2. The average molecular weight is 659 g/mol. The number of esters is 1. The Morgan fingerprint density at radius 3 is 2.41 bits per heavy atom. The number of carbonyl (C=O) groups excluding carboxylic acids is 3. The quantitative estimate of drug-likeness (QED) is 0.0777. The Hall–Kier alpha value is -1.43. The molecule has 10 nitrogen and oxygen atoms in total. The van der Waals surface area contributed by atoms with E-state index in [0.29, 0.717) is 26.0 Å². The maximum atomic E-state index is 13.2. The van der Waals surface area contributed by atoms with Gasteiger partial charge in [-0.1, -0.05) is 51.3 Å². The van der Waals surface area contributed by atoms with E-state index in [0.717, 1.165) is 44.9 Å². The third kappa shape index (κ3) is 11.1. The van der Waals surface area contributed by atoms with Gasteiger partial charge in [-0.25, -0.2) is 4.79 Å². The number of hydrogen-bond acceptors (Lipinski definition) is 8. The van der Waals surface area contributed by atoms with Crippen LogP contribution in [0, 0.1) is 17.8 Å². The Morgan fingerprint density at radius 2 is 1.80 bits per heavy atom. The molecule has 1 spiro atoms. The third-order valence-electron chi connectivity index (χ3n) is 9.42. The number of methoxy groups -OCH3 is 1. The summed E-state index contributed by atoms with van der Waals surface area (Å²) in [7, 11) is 1.67. The van der Waals surface area contributed by atoms with E-state index >= 15 is 0 Å². The topological polar surface area (TPSA) is 140 Å². The minimum Gasteiger partial charge on any atom is -0.671 e. The van der Waals surface area contributed by atoms with Crippen molar-refractivity contribution in [3.05, 3.63) is 17.4 Å². The summed E-state index contributed by atoms with van der Waals surface area (Å²) in [6, 6.07) is 0. The minimum atomic E-state index is -0.482. The summed E-state index contributed by atoms with van der Waals surface area (Å²) in [5, 5.41) is 2.78. The van der Waals surface area contributed by atoms with Crippen molar-refractivity contribution in [1.29, 1.82) is 0 Å². The van der Waals surface area contributed by atoms with Gasteiger partial charge < -0.3 is 39.5 Å². The van der Waals surface area contributed by atoms with Crippen molar-refractivity contribution >= 4 is 17.8 Å². The number of hydrogen-bond donors (Lipinski definition) is 1. The second-order valence-electron chi connectivity index (χ2n) is 13.4. The summed E-state index contributed by atoms with van der Waals surface area (Å²) in [5.74, 6) is -0.396. The monoisotopic (exact) mass is 658 g/mol. The van der Waals surface area contributed by atoms with Gasteiger partial charge in [0.25, 0.3) is 0 Å². The Morgan fingerprint density at radius 1 is 1.11 bits per heavy atom. The van der Waals surface area contributed by atoms with Crippen LogP contribution in [0.3, 0.4) is 0 Å². The molecule has 3 aliphatic rings. The molecule has 1 aliphatic carbocycles. The maximum Gasteiger partial charge on any atom is 0.407 e. The molecule has 2 N–H and O–H groups in total. The zero-order valence-electron chi connectivity index (χ0n) is 27.7. The molecule has 1 amide bonds. The predicted octanol–water partition coefficient (Wildman–Crippen LogP) is 5.95. The van der Waals surface area contributed by atoms with E-state index in [-0.39, 0.29) is 85.4 Å². The predicted molar refractivity (Wildman–Crippen MR) is 164 cm³/mol. The van der Waals surface area contributed by atoms with Crippen LogP contribution in [0.4, 0.5) is 4.79 Å². The van der Waals surface area contributed by atoms with Crippen molar-refractivity contribution in [3.63, 3.8) is 0 Å². The minimum absolute atomic E-state index is 0. The number of epoxide rings is 2. The van der Waals surface area contributed by atoms with E-state index in [1.165, 1.54) is 5.57 Å². The number of amides is 1. The molecule has 1 saturated carbocycles. The van der Waals surface area contributed by atoms with Gasteiger partial charge >= 0.3 is 12.1 Å². The van der Waals surface area contributed by atoms with E-state index < -0.39 is 17.8 Å². The van der Waals surface area contributed by atoms with E-state index in [9.17, 15) is 14.4 Å². The van der Waals surface area contributed by atoms with Gasteiger partial charge in [0.05, 0.1) is 31.7 Å². The first-order valence-corrected chi connectivity index (χ1v) is 16.2. The van der Waals surface area contributed by atoms with Gasteiger partial charge in [0.2, 0.25) is 0 Å². The second kappa shape index (κ2) is 18.1. The van der Waals surface area contributed by atoms with E-state index in [4.69, 9.17) is 29.4 Å². The molecule has 251 valence electrons. The van der Waals surface area contributed by atoms with Crippen LogP contribution >= 0.6 is 0 Å². The van der Waals surface area contributed by atoms with Crippen LogP contribution in [0.1, 0.15) is 98.8 Å². The molecule has 0 aromatic rings. The fourth-order valence-corrected chi connectivity index (χ4v) is 6.48. The number of carbonyl (C=O) groups is 3. The Bertz CT molecular complexity index is 967. The smallest absolute Gasteiger partial charge is 0.407 e. The van der Waals surface area contributed by atoms with Gasteiger partial charge in [0.1, 0.15) is 29.2 Å². The summed E-state index contributed by atoms with van der Waals surface area (Å²) in [5.41, 5.74) is 7.63.